The largest absolute Gasteiger partial charge is 0.478 e. The van der Waals surface area contributed by atoms with Crippen molar-refractivity contribution in [3.63, 3.8) is 0 Å². The molecule has 0 aliphatic carbocycles. The van der Waals surface area contributed by atoms with E-state index in [1.54, 1.807) is 19.1 Å². The van der Waals surface area contributed by atoms with Gasteiger partial charge in [0.15, 0.2) is 11.0 Å². The monoisotopic (exact) mass is 400 g/mol. The molecule has 0 unspecified atom stereocenters. The molecule has 28 heavy (non-hydrogen) atoms. The van der Waals surface area contributed by atoms with E-state index in [0.717, 1.165) is 22.4 Å². The molecular formula is C20H21ClN4O3. The number of anilines is 1. The molecular weight excluding hydrogens is 380 g/mol. The van der Waals surface area contributed by atoms with Crippen LogP contribution in [0.5, 0.6) is 0 Å². The van der Waals surface area contributed by atoms with Gasteiger partial charge in [-0.25, -0.2) is 9.78 Å². The number of carbonyl (C=O) groups excluding carboxylic acids is 1. The standard InChI is InChI=1S/C20H21ClN4O3/c1-5-14-17(21)25-18(23-14)19(26)24-15-7-6-12(9(2)10(15)3)16-8-13(20(27)28)11(4)22-16/h6-8,22H,5H2,1-4H3,(H,23,25)(H,24,26)(H,27,28). The Balaban J connectivity index is 1.90. The van der Waals surface area contributed by atoms with Crippen LogP contribution in [0.3, 0.4) is 0 Å². The number of nitrogens with zero attached hydrogens (tertiary/aromatic N) is 1. The zero-order chi connectivity index (χ0) is 20.6. The second kappa shape index (κ2) is 7.52. The van der Waals surface area contributed by atoms with Gasteiger partial charge in [0.25, 0.3) is 5.91 Å². The van der Waals surface area contributed by atoms with Crippen LogP contribution >= 0.6 is 11.6 Å². The Morgan fingerprint density at radius 2 is 1.89 bits per heavy atom. The van der Waals surface area contributed by atoms with Gasteiger partial charge in [0.05, 0.1) is 11.3 Å². The predicted octanol–water partition coefficient (Wildman–Crippen LogP) is 4.50. The molecule has 0 bridgehead atoms. The number of aromatic amines is 2. The number of amides is 1. The van der Waals surface area contributed by atoms with E-state index in [0.29, 0.717) is 28.6 Å². The van der Waals surface area contributed by atoms with Gasteiger partial charge in [0.2, 0.25) is 0 Å². The van der Waals surface area contributed by atoms with Crippen LogP contribution in [-0.2, 0) is 6.42 Å². The Morgan fingerprint density at radius 3 is 2.46 bits per heavy atom. The van der Waals surface area contributed by atoms with Crippen molar-refractivity contribution in [2.24, 2.45) is 0 Å². The lowest BCUT2D eigenvalue weighted by molar-refractivity contribution is 0.0696. The molecule has 3 rings (SSSR count). The van der Waals surface area contributed by atoms with Crippen LogP contribution in [0.2, 0.25) is 5.15 Å². The van der Waals surface area contributed by atoms with Crippen molar-refractivity contribution in [3.8, 4) is 11.3 Å². The minimum atomic E-state index is -0.971. The maximum absolute atomic E-state index is 12.5. The van der Waals surface area contributed by atoms with Crippen LogP contribution in [0.25, 0.3) is 11.3 Å². The zero-order valence-corrected chi connectivity index (χ0v) is 16.8. The van der Waals surface area contributed by atoms with Gasteiger partial charge in [-0.05, 0) is 50.5 Å². The molecule has 7 nitrogen and oxygen atoms in total. The van der Waals surface area contributed by atoms with Gasteiger partial charge < -0.3 is 20.4 Å². The topological polar surface area (TPSA) is 111 Å². The molecule has 0 aliphatic heterocycles. The molecule has 1 amide bonds. The number of H-pyrrole nitrogens is 2. The maximum Gasteiger partial charge on any atom is 0.337 e. The summed E-state index contributed by atoms with van der Waals surface area (Å²) in [6, 6.07) is 5.26. The first-order chi connectivity index (χ1) is 13.2. The first-order valence-corrected chi connectivity index (χ1v) is 9.19. The van der Waals surface area contributed by atoms with Crippen LogP contribution in [-0.4, -0.2) is 31.9 Å². The smallest absolute Gasteiger partial charge is 0.337 e. The molecule has 8 heteroatoms. The highest BCUT2D eigenvalue weighted by molar-refractivity contribution is 6.30. The number of aromatic carboxylic acids is 1. The number of aromatic nitrogens is 3. The Hall–Kier alpha value is -3.06. The average molecular weight is 401 g/mol. The minimum Gasteiger partial charge on any atom is -0.478 e. The molecule has 0 radical (unpaired) electrons. The number of carboxylic acid groups (broad SMARTS) is 1. The van der Waals surface area contributed by atoms with E-state index in [4.69, 9.17) is 11.6 Å². The van der Waals surface area contributed by atoms with Gasteiger partial charge in [-0.15, -0.1) is 0 Å². The first kappa shape index (κ1) is 19.7. The average Bonchev–Trinajstić information content (AvgIpc) is 3.21. The van der Waals surface area contributed by atoms with E-state index in [1.165, 1.54) is 0 Å². The molecule has 2 aromatic heterocycles. The van der Waals surface area contributed by atoms with Crippen molar-refractivity contribution < 1.29 is 14.7 Å². The summed E-state index contributed by atoms with van der Waals surface area (Å²) >= 11 is 6.01. The van der Waals surface area contributed by atoms with Gasteiger partial charge in [0.1, 0.15) is 0 Å². The SMILES string of the molecule is CCc1[nH]c(C(=O)Nc2ccc(-c3cc(C(=O)O)c(C)[nH]3)c(C)c2C)nc1Cl. The van der Waals surface area contributed by atoms with Gasteiger partial charge >= 0.3 is 5.97 Å². The highest BCUT2D eigenvalue weighted by Crippen LogP contribution is 2.31. The van der Waals surface area contributed by atoms with Gasteiger partial charge in [-0.2, -0.15) is 0 Å². The summed E-state index contributed by atoms with van der Waals surface area (Å²) < 4.78 is 0. The molecule has 0 spiro atoms. The minimum absolute atomic E-state index is 0.161. The van der Waals surface area contributed by atoms with Crippen LogP contribution in [0, 0.1) is 20.8 Å². The molecule has 1 aromatic carbocycles. The molecule has 2 heterocycles. The molecule has 0 fully saturated rings. The third-order valence-electron chi connectivity index (χ3n) is 4.87. The van der Waals surface area contributed by atoms with E-state index >= 15 is 0 Å². The van der Waals surface area contributed by atoms with Crippen molar-refractivity contribution in [1.82, 2.24) is 15.0 Å². The molecule has 0 aliphatic rings. The van der Waals surface area contributed by atoms with Crippen molar-refractivity contribution in [1.29, 1.82) is 0 Å². The van der Waals surface area contributed by atoms with Crippen LogP contribution in [0.15, 0.2) is 18.2 Å². The number of nitrogens with one attached hydrogen (secondary N) is 3. The zero-order valence-electron chi connectivity index (χ0n) is 16.0. The van der Waals surface area contributed by atoms with E-state index in [-0.39, 0.29) is 17.3 Å². The van der Waals surface area contributed by atoms with E-state index in [2.05, 4.69) is 20.3 Å². The number of rotatable bonds is 5. The normalized spacial score (nSPS) is 10.9. The number of hydrogen-bond acceptors (Lipinski definition) is 3. The lowest BCUT2D eigenvalue weighted by Crippen LogP contribution is -2.15. The molecule has 3 aromatic rings. The third kappa shape index (κ3) is 3.53. The Bertz CT molecular complexity index is 1080. The lowest BCUT2D eigenvalue weighted by atomic mass is 9.99. The number of benzene rings is 1. The maximum atomic E-state index is 12.5. The second-order valence-corrected chi connectivity index (χ2v) is 6.96. The fourth-order valence-corrected chi connectivity index (χ4v) is 3.35. The van der Waals surface area contributed by atoms with E-state index in [9.17, 15) is 14.7 Å². The van der Waals surface area contributed by atoms with Crippen molar-refractivity contribution in [2.75, 3.05) is 5.32 Å². The summed E-state index contributed by atoms with van der Waals surface area (Å²) in [5.74, 6) is -1.18. The molecule has 0 saturated heterocycles. The van der Waals surface area contributed by atoms with Crippen molar-refractivity contribution in [2.45, 2.75) is 34.1 Å². The van der Waals surface area contributed by atoms with Crippen LogP contribution in [0.4, 0.5) is 5.69 Å². The number of imidazole rings is 1. The van der Waals surface area contributed by atoms with E-state index in [1.807, 2.05) is 26.8 Å². The number of hydrogen-bond donors (Lipinski definition) is 4. The summed E-state index contributed by atoms with van der Waals surface area (Å²) in [6.45, 7) is 7.47. The quantitative estimate of drug-likeness (QED) is 0.505. The second-order valence-electron chi connectivity index (χ2n) is 6.60. The van der Waals surface area contributed by atoms with Crippen molar-refractivity contribution >= 4 is 29.2 Å². The summed E-state index contributed by atoms with van der Waals surface area (Å²) in [6.07, 6.45) is 0.653. The van der Waals surface area contributed by atoms with Gasteiger partial charge in [0, 0.05) is 22.6 Å². The third-order valence-corrected chi connectivity index (χ3v) is 5.18. The fraction of sp³-hybridized carbons (Fsp3) is 0.250. The van der Waals surface area contributed by atoms with E-state index < -0.39 is 5.97 Å². The molecule has 0 atom stereocenters. The molecule has 146 valence electrons. The number of carbonyl (C=O) groups is 2. The summed E-state index contributed by atoms with van der Waals surface area (Å²) in [7, 11) is 0. The first-order valence-electron chi connectivity index (χ1n) is 8.82. The Morgan fingerprint density at radius 1 is 1.18 bits per heavy atom. The Labute approximate surface area is 167 Å². The fourth-order valence-electron chi connectivity index (χ4n) is 3.08. The summed E-state index contributed by atoms with van der Waals surface area (Å²) in [5, 5.41) is 12.4. The molecule has 0 saturated carbocycles. The lowest BCUT2D eigenvalue weighted by Gasteiger charge is -2.13. The van der Waals surface area contributed by atoms with Gasteiger partial charge in [-0.3, -0.25) is 4.79 Å². The number of halogens is 1. The van der Waals surface area contributed by atoms with Crippen LogP contribution < -0.4 is 5.32 Å². The number of aryl methyl sites for hydroxylation is 2. The van der Waals surface area contributed by atoms with Crippen LogP contribution in [0.1, 0.15) is 50.4 Å². The van der Waals surface area contributed by atoms with Crippen molar-refractivity contribution in [3.05, 3.63) is 57.3 Å². The van der Waals surface area contributed by atoms with Gasteiger partial charge in [-0.1, -0.05) is 24.6 Å². The summed E-state index contributed by atoms with van der Waals surface area (Å²) in [5.41, 5.74) is 5.61. The predicted molar refractivity (Wildman–Crippen MR) is 108 cm³/mol. The highest BCUT2D eigenvalue weighted by Gasteiger charge is 2.18. The Kier molecular flexibility index (Phi) is 5.29. The number of carboxylic acids is 1. The summed E-state index contributed by atoms with van der Waals surface area (Å²) in [4.78, 5) is 33.9. The molecule has 4 N–H and O–H groups in total. The highest BCUT2D eigenvalue weighted by atomic mass is 35.5.